The van der Waals surface area contributed by atoms with Crippen LogP contribution in [0.4, 0.5) is 14.5 Å². The number of aliphatic hydroxyl groups is 1. The third-order valence-electron chi connectivity index (χ3n) is 3.13. The van der Waals surface area contributed by atoms with Crippen LogP contribution in [0.5, 0.6) is 0 Å². The molecule has 0 aliphatic heterocycles. The van der Waals surface area contributed by atoms with Gasteiger partial charge in [-0.3, -0.25) is 14.9 Å². The Bertz CT molecular complexity index is 752. The number of hydrogen-bond acceptors (Lipinski definition) is 4. The first-order valence-corrected chi connectivity index (χ1v) is 6.54. The molecule has 120 valence electrons. The number of nitro groups is 1. The van der Waals surface area contributed by atoms with Gasteiger partial charge in [-0.25, -0.2) is 8.78 Å². The highest BCUT2D eigenvalue weighted by atomic mass is 19.1. The first-order chi connectivity index (χ1) is 10.9. The number of rotatable bonds is 5. The van der Waals surface area contributed by atoms with Crippen LogP contribution in [0.25, 0.3) is 0 Å². The summed E-state index contributed by atoms with van der Waals surface area (Å²) in [6.07, 6.45) is -1.30. The van der Waals surface area contributed by atoms with Gasteiger partial charge in [0, 0.05) is 18.2 Å². The van der Waals surface area contributed by atoms with Crippen molar-refractivity contribution in [2.45, 2.75) is 6.10 Å². The van der Waals surface area contributed by atoms with Crippen molar-refractivity contribution in [3.05, 3.63) is 75.3 Å². The topological polar surface area (TPSA) is 92.5 Å². The monoisotopic (exact) mass is 322 g/mol. The molecule has 2 aromatic rings. The molecule has 0 saturated heterocycles. The molecule has 2 N–H and O–H groups in total. The van der Waals surface area contributed by atoms with Crippen LogP contribution < -0.4 is 5.32 Å². The van der Waals surface area contributed by atoms with E-state index in [9.17, 15) is 28.8 Å². The van der Waals surface area contributed by atoms with E-state index in [0.29, 0.717) is 6.07 Å². The summed E-state index contributed by atoms with van der Waals surface area (Å²) in [6.45, 7) is -0.337. The van der Waals surface area contributed by atoms with E-state index in [4.69, 9.17) is 0 Å². The minimum Gasteiger partial charge on any atom is -0.386 e. The van der Waals surface area contributed by atoms with E-state index < -0.39 is 39.8 Å². The first kappa shape index (κ1) is 16.5. The van der Waals surface area contributed by atoms with Crippen molar-refractivity contribution in [3.8, 4) is 0 Å². The number of amides is 1. The summed E-state index contributed by atoms with van der Waals surface area (Å²) in [5.41, 5.74) is -0.890. The molecule has 1 unspecified atom stereocenters. The van der Waals surface area contributed by atoms with Gasteiger partial charge in [0.15, 0.2) is 0 Å². The average Bonchev–Trinajstić information content (AvgIpc) is 2.52. The maximum atomic E-state index is 13.7. The van der Waals surface area contributed by atoms with Crippen molar-refractivity contribution in [1.29, 1.82) is 0 Å². The highest BCUT2D eigenvalue weighted by Gasteiger charge is 2.18. The first-order valence-electron chi connectivity index (χ1n) is 6.54. The molecule has 0 saturated carbocycles. The molecule has 0 fully saturated rings. The van der Waals surface area contributed by atoms with Gasteiger partial charge >= 0.3 is 0 Å². The zero-order chi connectivity index (χ0) is 17.0. The summed E-state index contributed by atoms with van der Waals surface area (Å²) in [5, 5.41) is 22.6. The summed E-state index contributed by atoms with van der Waals surface area (Å²) < 4.78 is 27.2. The fourth-order valence-corrected chi connectivity index (χ4v) is 1.94. The molecule has 0 aromatic heterocycles. The number of halogens is 2. The van der Waals surface area contributed by atoms with Crippen LogP contribution in [-0.2, 0) is 0 Å². The zero-order valence-corrected chi connectivity index (χ0v) is 11.7. The van der Waals surface area contributed by atoms with E-state index >= 15 is 0 Å². The van der Waals surface area contributed by atoms with Gasteiger partial charge in [0.05, 0.1) is 22.7 Å². The molecule has 6 nitrogen and oxygen atoms in total. The lowest BCUT2D eigenvalue weighted by Gasteiger charge is -2.13. The van der Waals surface area contributed by atoms with Crippen LogP contribution in [-0.4, -0.2) is 22.5 Å². The zero-order valence-electron chi connectivity index (χ0n) is 11.7. The number of carbonyl (C=O) groups excluding carboxylic acids is 1. The van der Waals surface area contributed by atoms with Crippen molar-refractivity contribution >= 4 is 11.6 Å². The fourth-order valence-electron chi connectivity index (χ4n) is 1.94. The van der Waals surface area contributed by atoms with E-state index in [1.54, 1.807) is 0 Å². The molecule has 0 bridgehead atoms. The second-order valence-electron chi connectivity index (χ2n) is 4.67. The third kappa shape index (κ3) is 3.86. The normalized spacial score (nSPS) is 11.8. The van der Waals surface area contributed by atoms with Crippen LogP contribution in [0.1, 0.15) is 22.0 Å². The Morgan fingerprint density at radius 3 is 2.52 bits per heavy atom. The minimum atomic E-state index is -1.30. The summed E-state index contributed by atoms with van der Waals surface area (Å²) in [7, 11) is 0. The number of hydrogen-bond donors (Lipinski definition) is 2. The molecule has 0 radical (unpaired) electrons. The van der Waals surface area contributed by atoms with E-state index in [1.165, 1.54) is 18.2 Å². The predicted molar refractivity (Wildman–Crippen MR) is 76.7 cm³/mol. The van der Waals surface area contributed by atoms with Crippen LogP contribution in [0.15, 0.2) is 42.5 Å². The lowest BCUT2D eigenvalue weighted by atomic mass is 10.1. The molecule has 8 heteroatoms. The quantitative estimate of drug-likeness (QED) is 0.653. The maximum Gasteiger partial charge on any atom is 0.272 e. The van der Waals surface area contributed by atoms with E-state index in [-0.39, 0.29) is 12.1 Å². The van der Waals surface area contributed by atoms with Gasteiger partial charge in [-0.2, -0.15) is 0 Å². The lowest BCUT2D eigenvalue weighted by molar-refractivity contribution is -0.385. The summed E-state index contributed by atoms with van der Waals surface area (Å²) in [6, 6.07) is 8.09. The Morgan fingerprint density at radius 1 is 1.22 bits per heavy atom. The molecule has 2 aromatic carbocycles. The van der Waals surface area contributed by atoms with Crippen LogP contribution >= 0.6 is 0 Å². The molecular weight excluding hydrogens is 310 g/mol. The van der Waals surface area contributed by atoms with Gasteiger partial charge in [0.1, 0.15) is 11.6 Å². The second kappa shape index (κ2) is 6.93. The van der Waals surface area contributed by atoms with Crippen molar-refractivity contribution in [2.24, 2.45) is 0 Å². The van der Waals surface area contributed by atoms with E-state index in [0.717, 1.165) is 18.2 Å². The summed E-state index contributed by atoms with van der Waals surface area (Å²) in [4.78, 5) is 21.6. The van der Waals surface area contributed by atoms with Crippen molar-refractivity contribution in [2.75, 3.05) is 6.54 Å². The average molecular weight is 322 g/mol. The largest absolute Gasteiger partial charge is 0.386 e. The van der Waals surface area contributed by atoms with E-state index in [2.05, 4.69) is 5.32 Å². The smallest absolute Gasteiger partial charge is 0.272 e. The Balaban J connectivity index is 2.05. The Hall–Kier alpha value is -2.87. The number of non-ortho nitro benzene ring substituents is 1. The van der Waals surface area contributed by atoms with Gasteiger partial charge in [-0.15, -0.1) is 0 Å². The third-order valence-corrected chi connectivity index (χ3v) is 3.13. The fraction of sp³-hybridized carbons (Fsp3) is 0.133. The molecular formula is C15H12F2N2O4. The molecule has 1 atom stereocenters. The van der Waals surface area contributed by atoms with Crippen LogP contribution in [0.3, 0.4) is 0 Å². The van der Waals surface area contributed by atoms with Gasteiger partial charge in [-0.05, 0) is 12.1 Å². The standard InChI is InChI=1S/C15H12F2N2O4/c16-12-4-2-1-3-10(12)14(20)8-18-15(21)11-6-5-9(19(22)23)7-13(11)17/h1-7,14,20H,8H2,(H,18,21). The van der Waals surface area contributed by atoms with Gasteiger partial charge in [0.2, 0.25) is 0 Å². The van der Waals surface area contributed by atoms with Gasteiger partial charge < -0.3 is 10.4 Å². The summed E-state index contributed by atoms with van der Waals surface area (Å²) >= 11 is 0. The molecule has 0 spiro atoms. The Labute approximate surface area is 129 Å². The Morgan fingerprint density at radius 2 is 1.91 bits per heavy atom. The van der Waals surface area contributed by atoms with Crippen LogP contribution in [0, 0.1) is 21.7 Å². The maximum absolute atomic E-state index is 13.7. The highest BCUT2D eigenvalue weighted by molar-refractivity contribution is 5.94. The van der Waals surface area contributed by atoms with Crippen molar-refractivity contribution < 1.29 is 23.6 Å². The highest BCUT2D eigenvalue weighted by Crippen LogP contribution is 2.18. The predicted octanol–water partition coefficient (Wildman–Crippen LogP) is 2.34. The summed E-state index contributed by atoms with van der Waals surface area (Å²) in [5.74, 6) is -2.55. The number of carbonyl (C=O) groups is 1. The molecule has 2 rings (SSSR count). The Kier molecular flexibility index (Phi) is 4.97. The number of nitro benzene ring substituents is 1. The minimum absolute atomic E-state index is 0.00280. The second-order valence-corrected chi connectivity index (χ2v) is 4.67. The number of benzene rings is 2. The van der Waals surface area contributed by atoms with Crippen molar-refractivity contribution in [1.82, 2.24) is 5.32 Å². The molecule has 0 heterocycles. The SMILES string of the molecule is O=C(NCC(O)c1ccccc1F)c1ccc([N+](=O)[O-])cc1F. The van der Waals surface area contributed by atoms with E-state index in [1.807, 2.05) is 0 Å². The number of nitrogens with one attached hydrogen (secondary N) is 1. The number of aliphatic hydroxyl groups excluding tert-OH is 1. The molecule has 0 aliphatic rings. The molecule has 0 aliphatic carbocycles. The van der Waals surface area contributed by atoms with Gasteiger partial charge in [0.25, 0.3) is 11.6 Å². The molecule has 23 heavy (non-hydrogen) atoms. The lowest BCUT2D eigenvalue weighted by Crippen LogP contribution is -2.29. The van der Waals surface area contributed by atoms with Crippen LogP contribution in [0.2, 0.25) is 0 Å². The molecule has 1 amide bonds. The van der Waals surface area contributed by atoms with Crippen molar-refractivity contribution in [3.63, 3.8) is 0 Å². The van der Waals surface area contributed by atoms with Gasteiger partial charge in [-0.1, -0.05) is 18.2 Å². The number of nitrogens with zero attached hydrogens (tertiary/aromatic N) is 1.